The lowest BCUT2D eigenvalue weighted by Crippen LogP contribution is -2.59. The number of carboxylic acid groups (broad SMARTS) is 1. The largest absolute Gasteiger partial charge is 0.465 e. The summed E-state index contributed by atoms with van der Waals surface area (Å²) in [5, 5.41) is 16.6. The van der Waals surface area contributed by atoms with E-state index >= 15 is 0 Å². The Kier molecular flexibility index (Phi) is 6.88. The molecule has 0 bridgehead atoms. The second-order valence-electron chi connectivity index (χ2n) is 9.92. The minimum atomic E-state index is -1.39. The van der Waals surface area contributed by atoms with E-state index in [4.69, 9.17) is 0 Å². The molecule has 6 heteroatoms. The molecule has 5 rings (SSSR count). The summed E-state index contributed by atoms with van der Waals surface area (Å²) < 4.78 is 0. The maximum atomic E-state index is 14.1. The van der Waals surface area contributed by atoms with Gasteiger partial charge in [-0.1, -0.05) is 91.0 Å². The quantitative estimate of drug-likeness (QED) is 0.220. The van der Waals surface area contributed by atoms with Gasteiger partial charge < -0.3 is 15.4 Å². The Morgan fingerprint density at radius 1 is 0.868 bits per heavy atom. The zero-order chi connectivity index (χ0) is 26.7. The average Bonchev–Trinajstić information content (AvgIpc) is 3.34. The lowest BCUT2D eigenvalue weighted by atomic mass is 9.88. The van der Waals surface area contributed by atoms with E-state index in [1.54, 1.807) is 6.92 Å². The second-order valence-corrected chi connectivity index (χ2v) is 9.92. The summed E-state index contributed by atoms with van der Waals surface area (Å²) in [6.07, 6.45) is 0.929. The number of nitrogens with one attached hydrogen (secondary N) is 2. The Morgan fingerprint density at radius 3 is 2.29 bits per heavy atom. The van der Waals surface area contributed by atoms with E-state index in [-0.39, 0.29) is 24.9 Å². The first-order valence-corrected chi connectivity index (χ1v) is 12.7. The van der Waals surface area contributed by atoms with Gasteiger partial charge in [-0.15, -0.1) is 0 Å². The monoisotopic (exact) mass is 505 g/mol. The van der Waals surface area contributed by atoms with Crippen LogP contribution < -0.4 is 5.32 Å². The van der Waals surface area contributed by atoms with Gasteiger partial charge in [0.05, 0.1) is 12.6 Å². The first-order valence-electron chi connectivity index (χ1n) is 12.7. The van der Waals surface area contributed by atoms with Gasteiger partial charge in [0.15, 0.2) is 0 Å². The van der Waals surface area contributed by atoms with Crippen LogP contribution in [0.3, 0.4) is 0 Å². The van der Waals surface area contributed by atoms with E-state index in [9.17, 15) is 14.7 Å². The van der Waals surface area contributed by atoms with Crippen molar-refractivity contribution in [3.05, 3.63) is 120 Å². The molecule has 0 aliphatic heterocycles. The molecule has 1 aromatic heterocycles. The fourth-order valence-corrected chi connectivity index (χ4v) is 5.18. The number of amides is 2. The van der Waals surface area contributed by atoms with Crippen LogP contribution in [0.2, 0.25) is 0 Å². The highest BCUT2D eigenvalue weighted by Crippen LogP contribution is 2.31. The lowest BCUT2D eigenvalue weighted by Gasteiger charge is -2.39. The van der Waals surface area contributed by atoms with E-state index in [2.05, 4.69) is 10.3 Å². The Bertz CT molecular complexity index is 1590. The maximum absolute atomic E-state index is 14.1. The maximum Gasteiger partial charge on any atom is 0.408 e. The molecule has 0 aliphatic carbocycles. The number of carbonyl (C=O) groups is 2. The number of rotatable bonds is 8. The van der Waals surface area contributed by atoms with Gasteiger partial charge in [-0.2, -0.15) is 0 Å². The average molecular weight is 506 g/mol. The lowest BCUT2D eigenvalue weighted by molar-refractivity contribution is -0.132. The molecule has 0 spiro atoms. The number of fused-ring (bicyclic) bond motifs is 2. The van der Waals surface area contributed by atoms with Gasteiger partial charge in [0.1, 0.15) is 5.54 Å². The van der Waals surface area contributed by atoms with Gasteiger partial charge in [0.2, 0.25) is 5.91 Å². The minimum Gasteiger partial charge on any atom is -0.465 e. The highest BCUT2D eigenvalue weighted by Gasteiger charge is 2.43. The number of carbonyl (C=O) groups excluding carboxylic acids is 1. The number of aromatic nitrogens is 1. The summed E-state index contributed by atoms with van der Waals surface area (Å²) in [6.45, 7) is 3.71. The van der Waals surface area contributed by atoms with Crippen LogP contribution in [-0.4, -0.2) is 32.5 Å². The van der Waals surface area contributed by atoms with Crippen LogP contribution in [0.25, 0.3) is 21.7 Å². The topological polar surface area (TPSA) is 85.4 Å². The Morgan fingerprint density at radius 2 is 1.53 bits per heavy atom. The van der Waals surface area contributed by atoms with Crippen LogP contribution in [0.4, 0.5) is 4.79 Å². The smallest absolute Gasteiger partial charge is 0.408 e. The van der Waals surface area contributed by atoms with Crippen molar-refractivity contribution < 1.29 is 14.7 Å². The Hall–Kier alpha value is -4.58. The van der Waals surface area contributed by atoms with Crippen LogP contribution >= 0.6 is 0 Å². The van der Waals surface area contributed by atoms with E-state index < -0.39 is 11.6 Å². The summed E-state index contributed by atoms with van der Waals surface area (Å²) >= 11 is 0. The van der Waals surface area contributed by atoms with Gasteiger partial charge in [-0.3, -0.25) is 9.69 Å². The van der Waals surface area contributed by atoms with E-state index in [0.29, 0.717) is 0 Å². The minimum absolute atomic E-state index is 0.0721. The normalized spacial score (nSPS) is 13.6. The summed E-state index contributed by atoms with van der Waals surface area (Å²) in [4.78, 5) is 31.5. The molecule has 0 aliphatic rings. The third-order valence-corrected chi connectivity index (χ3v) is 7.38. The highest BCUT2D eigenvalue weighted by atomic mass is 16.4. The van der Waals surface area contributed by atoms with Crippen molar-refractivity contribution in [3.8, 4) is 0 Å². The highest BCUT2D eigenvalue weighted by molar-refractivity contribution is 5.92. The van der Waals surface area contributed by atoms with Crippen molar-refractivity contribution in [1.29, 1.82) is 0 Å². The van der Waals surface area contributed by atoms with Crippen molar-refractivity contribution in [1.82, 2.24) is 15.2 Å². The number of nitrogens with zero attached hydrogens (tertiary/aromatic N) is 1. The number of aromatic amines is 1. The zero-order valence-corrected chi connectivity index (χ0v) is 21.5. The number of hydrogen-bond donors (Lipinski definition) is 3. The standard InChI is InChI=1S/C32H31N3O3/c1-22(23-11-4-3-5-12-23)34-30(36)32(2,19-26-20-33-29-18-9-8-17-28(26)29)35(31(37)38)21-25-15-10-14-24-13-6-7-16-27(24)25/h3-18,20,22,33H,19,21H2,1-2H3,(H,34,36)(H,37,38)/t22-,32+/m0/s1. The van der Waals surface area contributed by atoms with Crippen molar-refractivity contribution in [2.75, 3.05) is 0 Å². The Labute approximate surface area is 221 Å². The number of H-pyrrole nitrogens is 1. The van der Waals surface area contributed by atoms with Crippen molar-refractivity contribution >= 4 is 33.7 Å². The third kappa shape index (κ3) is 4.85. The molecule has 0 fully saturated rings. The van der Waals surface area contributed by atoms with Gasteiger partial charge >= 0.3 is 6.09 Å². The molecule has 2 amide bonds. The van der Waals surface area contributed by atoms with Gasteiger partial charge in [0, 0.05) is 23.5 Å². The SMILES string of the molecule is C[C@H](NC(=O)[C@@](C)(Cc1c[nH]c2ccccc12)N(Cc1cccc2ccccc12)C(=O)O)c1ccccc1. The van der Waals surface area contributed by atoms with Crippen LogP contribution in [0, 0.1) is 0 Å². The summed E-state index contributed by atoms with van der Waals surface area (Å²) in [6, 6.07) is 31.0. The van der Waals surface area contributed by atoms with Crippen LogP contribution in [0.1, 0.15) is 36.6 Å². The fourth-order valence-electron chi connectivity index (χ4n) is 5.18. The Balaban J connectivity index is 1.56. The first-order chi connectivity index (χ1) is 18.4. The molecular weight excluding hydrogens is 474 g/mol. The molecule has 38 heavy (non-hydrogen) atoms. The molecule has 192 valence electrons. The molecule has 4 aromatic carbocycles. The van der Waals surface area contributed by atoms with E-state index in [1.165, 1.54) is 4.90 Å². The second kappa shape index (κ2) is 10.4. The third-order valence-electron chi connectivity index (χ3n) is 7.38. The molecule has 0 saturated heterocycles. The van der Waals surface area contributed by atoms with Crippen molar-refractivity contribution in [2.45, 2.75) is 38.4 Å². The summed E-state index contributed by atoms with van der Waals surface area (Å²) in [5.74, 6) is -0.346. The number of hydrogen-bond acceptors (Lipinski definition) is 2. The van der Waals surface area contributed by atoms with Crippen molar-refractivity contribution in [2.24, 2.45) is 0 Å². The van der Waals surface area contributed by atoms with Crippen molar-refractivity contribution in [3.63, 3.8) is 0 Å². The molecule has 0 unspecified atom stereocenters. The van der Waals surface area contributed by atoms with Gasteiger partial charge in [-0.25, -0.2) is 4.79 Å². The molecule has 2 atom stereocenters. The fraction of sp³-hybridized carbons (Fsp3) is 0.188. The molecule has 0 radical (unpaired) electrons. The molecule has 1 heterocycles. The summed E-state index contributed by atoms with van der Waals surface area (Å²) in [5.41, 5.74) is 2.23. The van der Waals surface area contributed by atoms with E-state index in [0.717, 1.165) is 38.4 Å². The molecule has 6 nitrogen and oxygen atoms in total. The molecule has 3 N–H and O–H groups in total. The number of benzene rings is 4. The van der Waals surface area contributed by atoms with Gasteiger partial charge in [-0.05, 0) is 47.4 Å². The predicted molar refractivity (Wildman–Crippen MR) is 151 cm³/mol. The molecule has 0 saturated carbocycles. The van der Waals surface area contributed by atoms with Gasteiger partial charge in [0.25, 0.3) is 0 Å². The van der Waals surface area contributed by atoms with Crippen LogP contribution in [-0.2, 0) is 17.8 Å². The molecule has 5 aromatic rings. The zero-order valence-electron chi connectivity index (χ0n) is 21.5. The number of para-hydroxylation sites is 1. The first kappa shape index (κ1) is 25.1. The van der Waals surface area contributed by atoms with Crippen LogP contribution in [0.5, 0.6) is 0 Å². The van der Waals surface area contributed by atoms with E-state index in [1.807, 2.05) is 110 Å². The summed E-state index contributed by atoms with van der Waals surface area (Å²) in [7, 11) is 0. The molecular formula is C32H31N3O3. The van der Waals surface area contributed by atoms with Crippen LogP contribution in [0.15, 0.2) is 103 Å². The predicted octanol–water partition coefficient (Wildman–Crippen LogP) is 6.68.